The van der Waals surface area contributed by atoms with Crippen LogP contribution in [0.1, 0.15) is 90.4 Å². The zero-order valence-electron chi connectivity index (χ0n) is 24.3. The van der Waals surface area contributed by atoms with Crippen LogP contribution in [0.15, 0.2) is 6.33 Å². The quantitative estimate of drug-likeness (QED) is 0.246. The third-order valence-electron chi connectivity index (χ3n) is 7.90. The highest BCUT2D eigenvalue weighted by molar-refractivity contribution is 5.84. The highest BCUT2D eigenvalue weighted by atomic mass is 16.6. The monoisotopic (exact) mass is 585 g/mol. The average Bonchev–Trinajstić information content (AvgIpc) is 3.71. The minimum absolute atomic E-state index is 0.0583. The lowest BCUT2D eigenvalue weighted by atomic mass is 9.92. The number of nitrogens with one attached hydrogen (secondary N) is 2. The van der Waals surface area contributed by atoms with Crippen LogP contribution in [0.5, 0.6) is 0 Å². The zero-order valence-corrected chi connectivity index (χ0v) is 24.3. The second-order valence-electron chi connectivity index (χ2n) is 11.0. The van der Waals surface area contributed by atoms with Crippen LogP contribution in [0.4, 0.5) is 11.8 Å². The molecule has 3 aromatic heterocycles. The number of nitrogens with two attached hydrogens (primary N) is 1. The van der Waals surface area contributed by atoms with Crippen molar-refractivity contribution in [1.82, 2.24) is 39.7 Å². The number of hydrogen-bond acceptors (Lipinski definition) is 14. The summed E-state index contributed by atoms with van der Waals surface area (Å²) in [6.45, 7) is 8.58. The fourth-order valence-corrected chi connectivity index (χ4v) is 5.46. The number of nitrogens with zero attached hydrogens (tertiary/aromatic N) is 8. The Balaban J connectivity index is 1.55. The van der Waals surface area contributed by atoms with Crippen molar-refractivity contribution in [2.24, 2.45) is 5.73 Å². The molecular weight excluding hydrogens is 546 g/mol. The van der Waals surface area contributed by atoms with Crippen LogP contribution in [0.25, 0.3) is 11.2 Å². The van der Waals surface area contributed by atoms with E-state index in [2.05, 4.69) is 44.9 Å². The normalized spacial score (nSPS) is 26.1. The van der Waals surface area contributed by atoms with E-state index in [4.69, 9.17) is 29.9 Å². The predicted octanol–water partition coefficient (Wildman–Crippen LogP) is 2.03. The van der Waals surface area contributed by atoms with E-state index in [-0.39, 0.29) is 42.9 Å². The van der Waals surface area contributed by atoms with Crippen molar-refractivity contribution >= 4 is 35.9 Å². The molecule has 4 heterocycles. The molecule has 1 saturated carbocycles. The lowest BCUT2D eigenvalue weighted by Crippen LogP contribution is -2.34. The van der Waals surface area contributed by atoms with Crippen molar-refractivity contribution in [3.05, 3.63) is 12.2 Å². The first-order chi connectivity index (χ1) is 20.4. The van der Waals surface area contributed by atoms with Crippen molar-refractivity contribution in [3.63, 3.8) is 0 Å². The van der Waals surface area contributed by atoms with E-state index in [1.165, 1.54) is 4.80 Å². The molecule has 0 aromatic carbocycles. The van der Waals surface area contributed by atoms with Gasteiger partial charge in [-0.05, 0) is 57.6 Å². The SMILES string of the molecule is CCC(CC)Nc1nc(NC2CCC(N)CC2)nc2c1ncn2[C@@H]1O[C@H](c2nnn(C(C)C)n2)[C@H](OC=O)[C@H]1OC=O. The van der Waals surface area contributed by atoms with E-state index < -0.39 is 24.5 Å². The fourth-order valence-electron chi connectivity index (χ4n) is 5.46. The standard InChI is InChI=1S/C26H39N11O5/c1-5-16(6-2)29-22-18-24(32-26(31-22)30-17-9-7-15(27)8-10-17)36(11-28-18)25-21(41-13-39)19(40-12-38)20(42-25)23-33-35-37(34-23)14(3)4/h11-17,19-21,25H,5-10,27H2,1-4H3,(H2,29,30,31,32)/t15?,17?,19-,20-,21+,25+/m0/s1. The van der Waals surface area contributed by atoms with Crippen molar-refractivity contribution < 1.29 is 23.8 Å². The number of rotatable bonds is 13. The van der Waals surface area contributed by atoms with E-state index in [0.29, 0.717) is 22.9 Å². The van der Waals surface area contributed by atoms with Gasteiger partial charge in [-0.15, -0.1) is 10.2 Å². The zero-order chi connectivity index (χ0) is 29.8. The van der Waals surface area contributed by atoms with Crippen molar-refractivity contribution in [2.45, 2.75) is 115 Å². The van der Waals surface area contributed by atoms with E-state index in [0.717, 1.165) is 38.5 Å². The number of ether oxygens (including phenoxy) is 3. The van der Waals surface area contributed by atoms with Crippen molar-refractivity contribution in [2.75, 3.05) is 10.6 Å². The molecule has 0 unspecified atom stereocenters. The van der Waals surface area contributed by atoms with Crippen LogP contribution in [0.2, 0.25) is 0 Å². The van der Waals surface area contributed by atoms with Gasteiger partial charge in [0.15, 0.2) is 41.5 Å². The van der Waals surface area contributed by atoms with E-state index in [1.54, 1.807) is 10.9 Å². The second kappa shape index (κ2) is 12.9. The number of tetrazole rings is 1. The average molecular weight is 586 g/mol. The van der Waals surface area contributed by atoms with Crippen LogP contribution in [0, 0.1) is 0 Å². The highest BCUT2D eigenvalue weighted by Gasteiger charge is 2.52. The highest BCUT2D eigenvalue weighted by Crippen LogP contribution is 2.42. The van der Waals surface area contributed by atoms with Crippen LogP contribution in [0.3, 0.4) is 0 Å². The molecule has 16 heteroatoms. The molecule has 5 rings (SSSR count). The number of anilines is 2. The Morgan fingerprint density at radius 2 is 1.81 bits per heavy atom. The Kier molecular flexibility index (Phi) is 9.11. The second-order valence-corrected chi connectivity index (χ2v) is 11.0. The molecule has 4 atom stereocenters. The topological polar surface area (TPSA) is 199 Å². The summed E-state index contributed by atoms with van der Waals surface area (Å²) in [5.41, 5.74) is 7.08. The minimum atomic E-state index is -1.05. The largest absolute Gasteiger partial charge is 0.457 e. The summed E-state index contributed by atoms with van der Waals surface area (Å²) in [4.78, 5) is 38.8. The van der Waals surface area contributed by atoms with Gasteiger partial charge in [0.05, 0.1) is 12.4 Å². The maximum absolute atomic E-state index is 11.6. The van der Waals surface area contributed by atoms with Gasteiger partial charge in [0, 0.05) is 18.1 Å². The van der Waals surface area contributed by atoms with E-state index >= 15 is 0 Å². The maximum atomic E-state index is 11.6. The fraction of sp³-hybridized carbons (Fsp3) is 0.692. The third kappa shape index (κ3) is 5.99. The van der Waals surface area contributed by atoms with Gasteiger partial charge in [-0.1, -0.05) is 13.8 Å². The van der Waals surface area contributed by atoms with Crippen molar-refractivity contribution in [1.29, 1.82) is 0 Å². The molecule has 0 bridgehead atoms. The summed E-state index contributed by atoms with van der Waals surface area (Å²) in [6, 6.07) is 0.502. The summed E-state index contributed by atoms with van der Waals surface area (Å²) in [5, 5.41) is 19.6. The first-order valence-electron chi connectivity index (χ1n) is 14.5. The molecule has 16 nitrogen and oxygen atoms in total. The molecule has 2 aliphatic rings. The smallest absolute Gasteiger partial charge is 0.293 e. The number of carbonyl (C=O) groups is 2. The molecule has 0 spiro atoms. The molecule has 4 N–H and O–H groups in total. The number of aromatic nitrogens is 8. The van der Waals surface area contributed by atoms with Gasteiger partial charge in [0.25, 0.3) is 12.9 Å². The maximum Gasteiger partial charge on any atom is 0.293 e. The molecule has 1 aliphatic heterocycles. The summed E-state index contributed by atoms with van der Waals surface area (Å²) in [7, 11) is 0. The Morgan fingerprint density at radius 1 is 1.10 bits per heavy atom. The van der Waals surface area contributed by atoms with Gasteiger partial charge in [0.1, 0.15) is 0 Å². The first kappa shape index (κ1) is 29.6. The van der Waals surface area contributed by atoms with Gasteiger partial charge in [-0.2, -0.15) is 14.8 Å². The first-order valence-corrected chi connectivity index (χ1v) is 14.5. The predicted molar refractivity (Wildman–Crippen MR) is 150 cm³/mol. The molecule has 0 amide bonds. The molecular formula is C26H39N11O5. The van der Waals surface area contributed by atoms with Crippen LogP contribution in [-0.2, 0) is 23.8 Å². The summed E-state index contributed by atoms with van der Waals surface area (Å²) in [5.74, 6) is 1.19. The molecule has 2 fully saturated rings. The molecule has 3 aromatic rings. The molecule has 1 saturated heterocycles. The third-order valence-corrected chi connectivity index (χ3v) is 7.90. The Hall–Kier alpha value is -3.92. The number of fused-ring (bicyclic) bond motifs is 1. The van der Waals surface area contributed by atoms with Gasteiger partial charge in [-0.25, -0.2) is 4.98 Å². The molecule has 0 radical (unpaired) electrons. The summed E-state index contributed by atoms with van der Waals surface area (Å²) >= 11 is 0. The van der Waals surface area contributed by atoms with Crippen LogP contribution >= 0.6 is 0 Å². The summed E-state index contributed by atoms with van der Waals surface area (Å²) < 4.78 is 18.8. The molecule has 228 valence electrons. The minimum Gasteiger partial charge on any atom is -0.457 e. The number of imidazole rings is 1. The van der Waals surface area contributed by atoms with E-state index in [1.807, 2.05) is 13.8 Å². The van der Waals surface area contributed by atoms with Gasteiger partial charge < -0.3 is 30.6 Å². The Labute approximate surface area is 243 Å². The Morgan fingerprint density at radius 3 is 2.45 bits per heavy atom. The van der Waals surface area contributed by atoms with Gasteiger partial charge in [0.2, 0.25) is 11.8 Å². The van der Waals surface area contributed by atoms with E-state index in [9.17, 15) is 9.59 Å². The Bertz CT molecular complexity index is 1350. The number of carbonyl (C=O) groups excluding carboxylic acids is 2. The molecule has 1 aliphatic carbocycles. The lowest BCUT2D eigenvalue weighted by Gasteiger charge is -2.27. The van der Waals surface area contributed by atoms with Crippen LogP contribution in [-0.4, -0.2) is 83.0 Å². The number of hydrogen-bond donors (Lipinski definition) is 3. The van der Waals surface area contributed by atoms with Gasteiger partial charge >= 0.3 is 0 Å². The van der Waals surface area contributed by atoms with Gasteiger partial charge in [-0.3, -0.25) is 14.2 Å². The van der Waals surface area contributed by atoms with Crippen molar-refractivity contribution in [3.8, 4) is 0 Å². The van der Waals surface area contributed by atoms with Crippen LogP contribution < -0.4 is 16.4 Å². The molecule has 42 heavy (non-hydrogen) atoms. The lowest BCUT2D eigenvalue weighted by molar-refractivity contribution is -0.151. The summed E-state index contributed by atoms with van der Waals surface area (Å²) in [6.07, 6.45) is 2.96.